The molecule has 0 aromatic heterocycles. The summed E-state index contributed by atoms with van der Waals surface area (Å²) in [5.74, 6) is 0.885. The van der Waals surface area contributed by atoms with Crippen molar-refractivity contribution in [3.8, 4) is 5.75 Å². The number of hydrogen-bond donors (Lipinski definition) is 1. The molecule has 0 fully saturated rings. The van der Waals surface area contributed by atoms with Gasteiger partial charge < -0.3 is 10.1 Å². The fourth-order valence-corrected chi connectivity index (χ4v) is 2.47. The first-order chi connectivity index (χ1) is 10.1. The summed E-state index contributed by atoms with van der Waals surface area (Å²) in [5, 5.41) is 4.78. The van der Waals surface area contributed by atoms with E-state index in [1.165, 1.54) is 5.56 Å². The van der Waals surface area contributed by atoms with Crippen LogP contribution in [-0.2, 0) is 6.42 Å². The van der Waals surface area contributed by atoms with Crippen LogP contribution in [0.5, 0.6) is 5.75 Å². The van der Waals surface area contributed by atoms with Gasteiger partial charge in [-0.1, -0.05) is 35.3 Å². The van der Waals surface area contributed by atoms with Gasteiger partial charge >= 0.3 is 0 Å². The first kappa shape index (κ1) is 16.0. The molecule has 0 saturated carbocycles. The third-order valence-corrected chi connectivity index (χ3v) is 3.92. The Morgan fingerprint density at radius 3 is 2.48 bits per heavy atom. The highest BCUT2D eigenvalue weighted by molar-refractivity contribution is 6.35. The molecule has 0 heterocycles. The Balaban J connectivity index is 1.89. The molecular weight excluding hydrogens is 305 g/mol. The van der Waals surface area contributed by atoms with Crippen molar-refractivity contribution < 1.29 is 4.74 Å². The standard InChI is InChI=1S/C17H19Cl2NO/c1-12(20-17-11-14(18)7-10-16(17)19)3-4-13-5-8-15(21-2)9-6-13/h5-12,20H,3-4H2,1-2H3. The van der Waals surface area contributed by atoms with Crippen LogP contribution in [0.4, 0.5) is 5.69 Å². The van der Waals surface area contributed by atoms with Gasteiger partial charge in [0.05, 0.1) is 17.8 Å². The minimum atomic E-state index is 0.308. The number of aryl methyl sites for hydroxylation is 1. The molecule has 1 atom stereocenters. The van der Waals surface area contributed by atoms with Crippen molar-refractivity contribution in [2.24, 2.45) is 0 Å². The monoisotopic (exact) mass is 323 g/mol. The first-order valence-corrected chi connectivity index (χ1v) is 7.68. The minimum Gasteiger partial charge on any atom is -0.497 e. The summed E-state index contributed by atoms with van der Waals surface area (Å²) in [6.07, 6.45) is 2.01. The van der Waals surface area contributed by atoms with Gasteiger partial charge in [0.25, 0.3) is 0 Å². The van der Waals surface area contributed by atoms with E-state index in [1.54, 1.807) is 13.2 Å². The molecule has 2 rings (SSSR count). The van der Waals surface area contributed by atoms with Gasteiger partial charge in [-0.2, -0.15) is 0 Å². The van der Waals surface area contributed by atoms with Crippen LogP contribution in [0.15, 0.2) is 42.5 Å². The summed E-state index contributed by atoms with van der Waals surface area (Å²) in [4.78, 5) is 0. The topological polar surface area (TPSA) is 21.3 Å². The maximum Gasteiger partial charge on any atom is 0.118 e. The van der Waals surface area contributed by atoms with Gasteiger partial charge in [0.1, 0.15) is 5.75 Å². The molecule has 112 valence electrons. The van der Waals surface area contributed by atoms with Crippen LogP contribution in [0.3, 0.4) is 0 Å². The predicted octanol–water partition coefficient (Wildman–Crippen LogP) is 5.44. The minimum absolute atomic E-state index is 0.308. The zero-order valence-corrected chi connectivity index (χ0v) is 13.7. The Morgan fingerprint density at radius 1 is 1.10 bits per heavy atom. The Morgan fingerprint density at radius 2 is 1.81 bits per heavy atom. The molecule has 1 unspecified atom stereocenters. The van der Waals surface area contributed by atoms with Crippen molar-refractivity contribution in [2.45, 2.75) is 25.8 Å². The lowest BCUT2D eigenvalue weighted by atomic mass is 10.1. The van der Waals surface area contributed by atoms with E-state index >= 15 is 0 Å². The van der Waals surface area contributed by atoms with Crippen LogP contribution in [-0.4, -0.2) is 13.2 Å². The van der Waals surface area contributed by atoms with Crippen LogP contribution in [0.2, 0.25) is 10.0 Å². The van der Waals surface area contributed by atoms with Crippen LogP contribution in [0.1, 0.15) is 18.9 Å². The molecule has 0 aliphatic heterocycles. The SMILES string of the molecule is COc1ccc(CCC(C)Nc2cc(Cl)ccc2Cl)cc1. The molecule has 21 heavy (non-hydrogen) atoms. The summed E-state index contributed by atoms with van der Waals surface area (Å²) in [6.45, 7) is 2.14. The van der Waals surface area contributed by atoms with E-state index in [1.807, 2.05) is 24.3 Å². The van der Waals surface area contributed by atoms with E-state index in [2.05, 4.69) is 24.4 Å². The normalized spacial score (nSPS) is 12.0. The van der Waals surface area contributed by atoms with Crippen molar-refractivity contribution >= 4 is 28.9 Å². The second-order valence-corrected chi connectivity index (χ2v) is 5.90. The lowest BCUT2D eigenvalue weighted by Gasteiger charge is -2.16. The fourth-order valence-electron chi connectivity index (χ4n) is 2.12. The molecule has 0 amide bonds. The van der Waals surface area contributed by atoms with E-state index in [0.29, 0.717) is 16.1 Å². The van der Waals surface area contributed by atoms with Gasteiger partial charge in [0, 0.05) is 11.1 Å². The summed E-state index contributed by atoms with van der Waals surface area (Å²) in [6, 6.07) is 13.9. The molecule has 2 aromatic carbocycles. The Bertz CT molecular complexity index is 584. The molecule has 0 aliphatic rings. The van der Waals surface area contributed by atoms with Crippen LogP contribution in [0.25, 0.3) is 0 Å². The van der Waals surface area contributed by atoms with Crippen molar-refractivity contribution in [3.63, 3.8) is 0 Å². The summed E-state index contributed by atoms with van der Waals surface area (Å²) in [5.41, 5.74) is 2.17. The maximum absolute atomic E-state index is 6.16. The number of halogens is 2. The molecule has 0 radical (unpaired) electrons. The van der Waals surface area contributed by atoms with Gasteiger partial charge in [0.15, 0.2) is 0 Å². The number of anilines is 1. The molecule has 2 aromatic rings. The number of hydrogen-bond acceptors (Lipinski definition) is 2. The highest BCUT2D eigenvalue weighted by Gasteiger charge is 2.06. The number of ether oxygens (including phenoxy) is 1. The molecule has 4 heteroatoms. The van der Waals surface area contributed by atoms with E-state index < -0.39 is 0 Å². The molecule has 1 N–H and O–H groups in total. The number of rotatable bonds is 6. The molecular formula is C17H19Cl2NO. The summed E-state index contributed by atoms with van der Waals surface area (Å²) < 4.78 is 5.16. The molecule has 2 nitrogen and oxygen atoms in total. The van der Waals surface area contributed by atoms with Gasteiger partial charge in [0.2, 0.25) is 0 Å². The maximum atomic E-state index is 6.16. The first-order valence-electron chi connectivity index (χ1n) is 6.93. The zero-order valence-electron chi connectivity index (χ0n) is 12.2. The molecule has 0 bridgehead atoms. The van der Waals surface area contributed by atoms with Crippen LogP contribution < -0.4 is 10.1 Å². The second-order valence-electron chi connectivity index (χ2n) is 5.06. The Kier molecular flexibility index (Phi) is 5.77. The fraction of sp³-hybridized carbons (Fsp3) is 0.294. The molecule has 0 spiro atoms. The van der Waals surface area contributed by atoms with E-state index in [0.717, 1.165) is 24.3 Å². The van der Waals surface area contributed by atoms with Gasteiger partial charge in [-0.25, -0.2) is 0 Å². The van der Waals surface area contributed by atoms with Crippen molar-refractivity contribution in [1.82, 2.24) is 0 Å². The lowest BCUT2D eigenvalue weighted by molar-refractivity contribution is 0.414. The van der Waals surface area contributed by atoms with Crippen molar-refractivity contribution in [1.29, 1.82) is 0 Å². The predicted molar refractivity (Wildman–Crippen MR) is 90.9 cm³/mol. The van der Waals surface area contributed by atoms with Gasteiger partial charge in [-0.15, -0.1) is 0 Å². The third-order valence-electron chi connectivity index (χ3n) is 3.36. The molecule has 0 saturated heterocycles. The quantitative estimate of drug-likeness (QED) is 0.764. The number of methoxy groups -OCH3 is 1. The molecule has 0 aliphatic carbocycles. The third kappa shape index (κ3) is 4.83. The number of benzene rings is 2. The average molecular weight is 324 g/mol. The number of nitrogens with one attached hydrogen (secondary N) is 1. The van der Waals surface area contributed by atoms with E-state index in [-0.39, 0.29) is 0 Å². The van der Waals surface area contributed by atoms with E-state index in [4.69, 9.17) is 27.9 Å². The van der Waals surface area contributed by atoms with Crippen LogP contribution >= 0.6 is 23.2 Å². The average Bonchev–Trinajstić information content (AvgIpc) is 2.49. The van der Waals surface area contributed by atoms with Gasteiger partial charge in [-0.05, 0) is 55.7 Å². The van der Waals surface area contributed by atoms with Gasteiger partial charge in [-0.3, -0.25) is 0 Å². The summed E-state index contributed by atoms with van der Waals surface area (Å²) >= 11 is 12.1. The largest absolute Gasteiger partial charge is 0.497 e. The Labute approximate surface area is 136 Å². The second kappa shape index (κ2) is 7.58. The smallest absolute Gasteiger partial charge is 0.118 e. The Hall–Kier alpha value is -1.38. The van der Waals surface area contributed by atoms with Crippen molar-refractivity contribution in [3.05, 3.63) is 58.1 Å². The van der Waals surface area contributed by atoms with E-state index in [9.17, 15) is 0 Å². The lowest BCUT2D eigenvalue weighted by Crippen LogP contribution is -2.16. The highest BCUT2D eigenvalue weighted by atomic mass is 35.5. The highest BCUT2D eigenvalue weighted by Crippen LogP contribution is 2.26. The van der Waals surface area contributed by atoms with Crippen LogP contribution in [0, 0.1) is 0 Å². The summed E-state index contributed by atoms with van der Waals surface area (Å²) in [7, 11) is 1.68. The zero-order chi connectivity index (χ0) is 15.2. The van der Waals surface area contributed by atoms with Crippen molar-refractivity contribution in [2.75, 3.05) is 12.4 Å².